The van der Waals surface area contributed by atoms with Crippen molar-refractivity contribution in [3.63, 3.8) is 0 Å². The average molecular weight is 481 g/mol. The number of aromatic nitrogens is 1. The van der Waals surface area contributed by atoms with Crippen molar-refractivity contribution < 1.29 is 9.66 Å². The third-order valence-electron chi connectivity index (χ3n) is 7.52. The van der Waals surface area contributed by atoms with Crippen LogP contribution in [0.1, 0.15) is 46.7 Å². The fourth-order valence-electron chi connectivity index (χ4n) is 6.07. The fraction of sp³-hybridized carbons (Fsp3) is 0.400. The number of nitro benzene ring substituents is 1. The SMILES string of the molecule is Cc1ccc(COc2ccc([N+](=O)[O-])cc2[C@@H]2c3sc(=O)[nH]c3S[C@H]3[C@H]4CC[C@@H](C4)[C@@H]23)cc1. The first-order chi connectivity index (χ1) is 16.0. The summed E-state index contributed by atoms with van der Waals surface area (Å²) in [5.74, 6) is 2.23. The standard InChI is InChI=1S/C25H24N2O4S2/c1-13-2-4-14(5-3-13)12-31-19-9-8-17(27(29)30)11-18(19)21-20-15-6-7-16(10-15)22(20)32-24-23(21)33-25(28)26-24/h2-5,8-9,11,15-16,20-22H,6-7,10,12H2,1H3,(H,26,28)/t15-,16-,20-,21-,22-/m0/s1. The van der Waals surface area contributed by atoms with Crippen molar-refractivity contribution in [2.45, 2.75) is 49.0 Å². The summed E-state index contributed by atoms with van der Waals surface area (Å²) in [6, 6.07) is 13.1. The van der Waals surface area contributed by atoms with E-state index in [1.807, 2.05) is 30.8 Å². The van der Waals surface area contributed by atoms with Crippen LogP contribution in [0.15, 0.2) is 52.3 Å². The van der Waals surface area contributed by atoms with Crippen molar-refractivity contribution in [3.8, 4) is 5.75 Å². The van der Waals surface area contributed by atoms with Gasteiger partial charge in [-0.25, -0.2) is 0 Å². The van der Waals surface area contributed by atoms with Crippen LogP contribution in [0, 0.1) is 34.8 Å². The highest BCUT2D eigenvalue weighted by Crippen LogP contribution is 2.64. The number of non-ortho nitro benzene ring substituents is 1. The predicted octanol–water partition coefficient (Wildman–Crippen LogP) is 5.88. The number of H-pyrrole nitrogens is 1. The van der Waals surface area contributed by atoms with E-state index in [1.54, 1.807) is 12.1 Å². The lowest BCUT2D eigenvalue weighted by atomic mass is 9.74. The smallest absolute Gasteiger partial charge is 0.305 e. The zero-order chi connectivity index (χ0) is 22.7. The van der Waals surface area contributed by atoms with Crippen LogP contribution in [0.3, 0.4) is 0 Å². The zero-order valence-electron chi connectivity index (χ0n) is 18.2. The van der Waals surface area contributed by atoms with Gasteiger partial charge in [-0.15, -0.1) is 11.8 Å². The Morgan fingerprint density at radius 1 is 1.15 bits per heavy atom. The molecule has 2 saturated carbocycles. The van der Waals surface area contributed by atoms with Gasteiger partial charge in [-0.3, -0.25) is 14.9 Å². The van der Waals surface area contributed by atoms with Crippen molar-refractivity contribution in [3.05, 3.63) is 83.8 Å². The highest BCUT2D eigenvalue weighted by atomic mass is 32.2. The van der Waals surface area contributed by atoms with Crippen LogP contribution in [-0.2, 0) is 6.61 Å². The number of fused-ring (bicyclic) bond motifs is 6. The molecule has 1 aliphatic heterocycles. The number of ether oxygens (including phenoxy) is 1. The Morgan fingerprint density at radius 3 is 2.73 bits per heavy atom. The topological polar surface area (TPSA) is 85.2 Å². The number of nitro groups is 1. The number of hydrogen-bond acceptors (Lipinski definition) is 6. The van der Waals surface area contributed by atoms with Crippen molar-refractivity contribution in [1.82, 2.24) is 4.98 Å². The summed E-state index contributed by atoms with van der Waals surface area (Å²) in [6.45, 7) is 2.44. The maximum absolute atomic E-state index is 12.3. The number of rotatable bonds is 5. The predicted molar refractivity (Wildman–Crippen MR) is 129 cm³/mol. The molecule has 0 spiro atoms. The van der Waals surface area contributed by atoms with Crippen molar-refractivity contribution in [2.75, 3.05) is 0 Å². The molecule has 0 saturated heterocycles. The number of thioether (sulfide) groups is 1. The molecule has 1 aromatic heterocycles. The normalized spacial score (nSPS) is 27.2. The maximum atomic E-state index is 12.3. The lowest BCUT2D eigenvalue weighted by Gasteiger charge is -2.40. The van der Waals surface area contributed by atoms with E-state index in [9.17, 15) is 14.9 Å². The van der Waals surface area contributed by atoms with Crippen LogP contribution in [0.5, 0.6) is 5.75 Å². The van der Waals surface area contributed by atoms with Gasteiger partial charge in [-0.05, 0) is 55.6 Å². The summed E-state index contributed by atoms with van der Waals surface area (Å²) in [5.41, 5.74) is 3.14. The highest BCUT2D eigenvalue weighted by molar-refractivity contribution is 8.00. The van der Waals surface area contributed by atoms with Gasteiger partial charge < -0.3 is 9.72 Å². The molecule has 2 heterocycles. The number of nitrogens with zero attached hydrogens (tertiary/aromatic N) is 1. The van der Waals surface area contributed by atoms with E-state index < -0.39 is 0 Å². The second-order valence-electron chi connectivity index (χ2n) is 9.43. The van der Waals surface area contributed by atoms with Crippen LogP contribution in [-0.4, -0.2) is 15.2 Å². The van der Waals surface area contributed by atoms with Crippen molar-refractivity contribution in [1.29, 1.82) is 0 Å². The number of aromatic amines is 1. The number of benzene rings is 2. The Kier molecular flexibility index (Phi) is 5.10. The Bertz CT molecular complexity index is 1280. The van der Waals surface area contributed by atoms with Gasteiger partial charge in [0.1, 0.15) is 12.4 Å². The molecule has 6 rings (SSSR count). The van der Waals surface area contributed by atoms with Gasteiger partial charge in [-0.2, -0.15) is 0 Å². The molecule has 0 radical (unpaired) electrons. The molecule has 8 heteroatoms. The van der Waals surface area contributed by atoms with E-state index in [-0.39, 0.29) is 21.4 Å². The fourth-order valence-corrected chi connectivity index (χ4v) is 8.95. The van der Waals surface area contributed by atoms with Gasteiger partial charge >= 0.3 is 4.87 Å². The molecule has 3 aliphatic rings. The summed E-state index contributed by atoms with van der Waals surface area (Å²) in [6.07, 6.45) is 3.65. The summed E-state index contributed by atoms with van der Waals surface area (Å²) < 4.78 is 6.29. The molecule has 33 heavy (non-hydrogen) atoms. The van der Waals surface area contributed by atoms with Crippen molar-refractivity contribution in [2.24, 2.45) is 17.8 Å². The summed E-state index contributed by atoms with van der Waals surface area (Å²) in [7, 11) is 0. The monoisotopic (exact) mass is 480 g/mol. The average Bonchev–Trinajstić information content (AvgIpc) is 3.51. The molecule has 5 atom stereocenters. The Hall–Kier alpha value is -2.58. The van der Waals surface area contributed by atoms with Crippen LogP contribution in [0.4, 0.5) is 5.69 Å². The number of aryl methyl sites for hydroxylation is 1. The molecular weight excluding hydrogens is 456 g/mol. The van der Waals surface area contributed by atoms with Crippen LogP contribution in [0.25, 0.3) is 0 Å². The second kappa shape index (κ2) is 8.02. The molecule has 3 aromatic rings. The molecule has 2 aromatic carbocycles. The number of hydrogen-bond donors (Lipinski definition) is 1. The Labute approximate surface area is 199 Å². The lowest BCUT2D eigenvalue weighted by Crippen LogP contribution is -2.33. The minimum atomic E-state index is -0.344. The van der Waals surface area contributed by atoms with E-state index >= 15 is 0 Å². The lowest BCUT2D eigenvalue weighted by molar-refractivity contribution is -0.385. The molecule has 170 valence electrons. The summed E-state index contributed by atoms with van der Waals surface area (Å²) in [4.78, 5) is 27.7. The van der Waals surface area contributed by atoms with Gasteiger partial charge in [0, 0.05) is 33.7 Å². The number of thiazole rings is 1. The maximum Gasteiger partial charge on any atom is 0.305 e. The van der Waals surface area contributed by atoms with E-state index in [0.717, 1.165) is 21.0 Å². The van der Waals surface area contributed by atoms with Gasteiger partial charge in [0.05, 0.1) is 9.95 Å². The van der Waals surface area contributed by atoms with E-state index in [1.165, 1.54) is 42.2 Å². The molecule has 2 aliphatic carbocycles. The zero-order valence-corrected chi connectivity index (χ0v) is 19.8. The van der Waals surface area contributed by atoms with E-state index in [4.69, 9.17) is 4.74 Å². The van der Waals surface area contributed by atoms with Crippen LogP contribution >= 0.6 is 23.1 Å². The molecule has 2 bridgehead atoms. The van der Waals surface area contributed by atoms with Gasteiger partial charge in [-0.1, -0.05) is 41.2 Å². The van der Waals surface area contributed by atoms with Crippen LogP contribution < -0.4 is 9.61 Å². The number of nitrogens with one attached hydrogen (secondary N) is 1. The van der Waals surface area contributed by atoms with Crippen molar-refractivity contribution >= 4 is 28.8 Å². The molecular formula is C25H24N2O4S2. The molecule has 2 fully saturated rings. The highest BCUT2D eigenvalue weighted by Gasteiger charge is 2.55. The van der Waals surface area contributed by atoms with Gasteiger partial charge in [0.25, 0.3) is 5.69 Å². The summed E-state index contributed by atoms with van der Waals surface area (Å²) in [5, 5.41) is 13.1. The van der Waals surface area contributed by atoms with E-state index in [2.05, 4.69) is 17.1 Å². The third kappa shape index (κ3) is 3.60. The molecule has 0 unspecified atom stereocenters. The van der Waals surface area contributed by atoms with Gasteiger partial charge in [0.2, 0.25) is 0 Å². The quantitative estimate of drug-likeness (QED) is 0.364. The first-order valence-corrected chi connectivity index (χ1v) is 13.0. The second-order valence-corrected chi connectivity index (χ2v) is 11.6. The first-order valence-electron chi connectivity index (χ1n) is 11.3. The first kappa shape index (κ1) is 21.0. The van der Waals surface area contributed by atoms with Gasteiger partial charge in [0.15, 0.2) is 0 Å². The largest absolute Gasteiger partial charge is 0.489 e. The van der Waals surface area contributed by atoms with E-state index in [0.29, 0.717) is 35.4 Å². The molecule has 1 N–H and O–H groups in total. The minimum Gasteiger partial charge on any atom is -0.489 e. The molecule has 0 amide bonds. The Morgan fingerprint density at radius 2 is 1.94 bits per heavy atom. The minimum absolute atomic E-state index is 0.0570. The Balaban J connectivity index is 1.44. The summed E-state index contributed by atoms with van der Waals surface area (Å²) >= 11 is 3.07. The third-order valence-corrected chi connectivity index (χ3v) is 10.1. The molecule has 6 nitrogen and oxygen atoms in total. The van der Waals surface area contributed by atoms with Crippen LogP contribution in [0.2, 0.25) is 0 Å².